The largest absolute Gasteiger partial charge is 0.480 e. The van der Waals surface area contributed by atoms with Crippen LogP contribution in [-0.4, -0.2) is 42.4 Å². The molecule has 7 heteroatoms. The number of nitrogens with one attached hydrogen (secondary N) is 1. The van der Waals surface area contributed by atoms with E-state index in [1.54, 1.807) is 0 Å². The third kappa shape index (κ3) is 3.96. The predicted molar refractivity (Wildman–Crippen MR) is 80.1 cm³/mol. The Morgan fingerprint density at radius 1 is 1.19 bits per heavy atom. The van der Waals surface area contributed by atoms with E-state index in [0.29, 0.717) is 31.8 Å². The molecule has 1 atom stereocenters. The summed E-state index contributed by atoms with van der Waals surface area (Å²) in [6.45, 7) is 2.99. The van der Waals surface area contributed by atoms with Gasteiger partial charge in [0.15, 0.2) is 0 Å². The maximum atomic E-state index is 12.6. The second-order valence-electron chi connectivity index (χ2n) is 6.51. The zero-order valence-electron chi connectivity index (χ0n) is 12.7. The molecular weight excluding hydrogens is 292 g/mol. The molecule has 6 nitrogen and oxygen atoms in total. The summed E-state index contributed by atoms with van der Waals surface area (Å²) in [5, 5.41) is 9.58. The summed E-state index contributed by atoms with van der Waals surface area (Å²) in [7, 11) is -3.73. The van der Waals surface area contributed by atoms with E-state index in [1.807, 2.05) is 6.92 Å². The van der Waals surface area contributed by atoms with Crippen molar-refractivity contribution < 1.29 is 18.3 Å². The van der Waals surface area contributed by atoms with Gasteiger partial charge in [-0.25, -0.2) is 0 Å². The molecule has 1 aliphatic heterocycles. The Morgan fingerprint density at radius 2 is 1.81 bits per heavy atom. The Bertz CT molecular complexity index is 469. The standard InChI is InChI=1S/C14H26N2O4S/c1-12-7-6-10-16(11-12)21(19,20)15-14(13(17)18)8-4-2-3-5-9-14/h12,15H,2-11H2,1H3,(H,17,18). The van der Waals surface area contributed by atoms with Crippen LogP contribution >= 0.6 is 0 Å². The van der Waals surface area contributed by atoms with Gasteiger partial charge in [-0.05, 0) is 31.6 Å². The average molecular weight is 318 g/mol. The lowest BCUT2D eigenvalue weighted by Crippen LogP contribution is -2.58. The molecule has 2 N–H and O–H groups in total. The van der Waals surface area contributed by atoms with E-state index in [1.165, 1.54) is 4.31 Å². The summed E-state index contributed by atoms with van der Waals surface area (Å²) in [4.78, 5) is 11.7. The van der Waals surface area contributed by atoms with Crippen LogP contribution in [0.4, 0.5) is 0 Å². The number of piperidine rings is 1. The number of carboxylic acid groups (broad SMARTS) is 1. The fraction of sp³-hybridized carbons (Fsp3) is 0.929. The third-order valence-electron chi connectivity index (χ3n) is 4.65. The molecule has 122 valence electrons. The molecular formula is C14H26N2O4S. The quantitative estimate of drug-likeness (QED) is 0.773. The molecule has 2 aliphatic rings. The molecule has 1 saturated heterocycles. The molecule has 0 aromatic heterocycles. The maximum Gasteiger partial charge on any atom is 0.324 e. The molecule has 0 spiro atoms. The van der Waals surface area contributed by atoms with E-state index in [-0.39, 0.29) is 0 Å². The monoisotopic (exact) mass is 318 g/mol. The molecule has 1 heterocycles. The molecule has 2 rings (SSSR count). The van der Waals surface area contributed by atoms with Gasteiger partial charge >= 0.3 is 5.97 Å². The van der Waals surface area contributed by atoms with E-state index in [9.17, 15) is 18.3 Å². The van der Waals surface area contributed by atoms with Crippen molar-refractivity contribution in [1.82, 2.24) is 9.03 Å². The lowest BCUT2D eigenvalue weighted by Gasteiger charge is -2.35. The fourth-order valence-corrected chi connectivity index (χ4v) is 5.10. The second kappa shape index (κ2) is 6.62. The summed E-state index contributed by atoms with van der Waals surface area (Å²) >= 11 is 0. The van der Waals surface area contributed by atoms with Crippen molar-refractivity contribution in [3.05, 3.63) is 0 Å². The van der Waals surface area contributed by atoms with E-state index in [0.717, 1.165) is 38.5 Å². The number of nitrogens with zero attached hydrogens (tertiary/aromatic N) is 1. The Balaban J connectivity index is 2.16. The van der Waals surface area contributed by atoms with Crippen LogP contribution in [0.2, 0.25) is 0 Å². The zero-order chi connectivity index (χ0) is 15.5. The zero-order valence-corrected chi connectivity index (χ0v) is 13.5. The number of carbonyl (C=O) groups is 1. The number of hydrogen-bond donors (Lipinski definition) is 2. The number of carboxylic acids is 1. The number of hydrogen-bond acceptors (Lipinski definition) is 3. The Morgan fingerprint density at radius 3 is 2.33 bits per heavy atom. The second-order valence-corrected chi connectivity index (χ2v) is 8.18. The summed E-state index contributed by atoms with van der Waals surface area (Å²) in [6, 6.07) is 0. The lowest BCUT2D eigenvalue weighted by molar-refractivity contribution is -0.144. The van der Waals surface area contributed by atoms with Crippen LogP contribution in [0.3, 0.4) is 0 Å². The van der Waals surface area contributed by atoms with Crippen molar-refractivity contribution >= 4 is 16.2 Å². The van der Waals surface area contributed by atoms with Crippen molar-refractivity contribution in [3.8, 4) is 0 Å². The molecule has 0 bridgehead atoms. The van der Waals surface area contributed by atoms with Crippen molar-refractivity contribution in [1.29, 1.82) is 0 Å². The average Bonchev–Trinajstić information content (AvgIpc) is 2.65. The third-order valence-corrected chi connectivity index (χ3v) is 6.31. The molecule has 21 heavy (non-hydrogen) atoms. The fourth-order valence-electron chi connectivity index (χ4n) is 3.37. The van der Waals surface area contributed by atoms with Gasteiger partial charge in [-0.3, -0.25) is 4.79 Å². The Labute approximate surface area is 127 Å². The minimum Gasteiger partial charge on any atom is -0.480 e. The van der Waals surface area contributed by atoms with Gasteiger partial charge in [-0.2, -0.15) is 17.4 Å². The summed E-state index contributed by atoms with van der Waals surface area (Å²) in [5.41, 5.74) is -1.32. The van der Waals surface area contributed by atoms with Crippen LogP contribution in [-0.2, 0) is 15.0 Å². The minimum atomic E-state index is -3.73. The SMILES string of the molecule is CC1CCCN(S(=O)(=O)NC2(C(=O)O)CCCCCC2)C1. The Kier molecular flexibility index (Phi) is 5.27. The van der Waals surface area contributed by atoms with Crippen LogP contribution in [0, 0.1) is 5.92 Å². The van der Waals surface area contributed by atoms with Crippen molar-refractivity contribution in [2.24, 2.45) is 5.92 Å². The van der Waals surface area contributed by atoms with E-state index >= 15 is 0 Å². The molecule has 2 fully saturated rings. The van der Waals surface area contributed by atoms with Crippen LogP contribution in [0.25, 0.3) is 0 Å². The molecule has 0 aromatic carbocycles. The molecule has 1 saturated carbocycles. The summed E-state index contributed by atoms with van der Waals surface area (Å²) in [6.07, 6.45) is 6.07. The van der Waals surface area contributed by atoms with Crippen LogP contribution in [0.1, 0.15) is 58.3 Å². The first-order chi connectivity index (χ1) is 9.86. The minimum absolute atomic E-state index is 0.324. The normalized spacial score (nSPS) is 28.0. The highest BCUT2D eigenvalue weighted by Gasteiger charge is 2.44. The van der Waals surface area contributed by atoms with Gasteiger partial charge in [0, 0.05) is 13.1 Å². The van der Waals surface area contributed by atoms with Gasteiger partial charge in [-0.15, -0.1) is 0 Å². The van der Waals surface area contributed by atoms with Gasteiger partial charge in [0.05, 0.1) is 0 Å². The van der Waals surface area contributed by atoms with Gasteiger partial charge in [0.25, 0.3) is 10.2 Å². The van der Waals surface area contributed by atoms with E-state index in [4.69, 9.17) is 0 Å². The first kappa shape index (κ1) is 16.7. The highest BCUT2D eigenvalue weighted by Crippen LogP contribution is 2.29. The van der Waals surface area contributed by atoms with Gasteiger partial charge in [0.2, 0.25) is 0 Å². The van der Waals surface area contributed by atoms with E-state index < -0.39 is 21.7 Å². The van der Waals surface area contributed by atoms with Crippen LogP contribution in [0.15, 0.2) is 0 Å². The molecule has 1 unspecified atom stereocenters. The highest BCUT2D eigenvalue weighted by atomic mass is 32.2. The van der Waals surface area contributed by atoms with Crippen molar-refractivity contribution in [2.75, 3.05) is 13.1 Å². The van der Waals surface area contributed by atoms with E-state index in [2.05, 4.69) is 4.72 Å². The smallest absolute Gasteiger partial charge is 0.324 e. The van der Waals surface area contributed by atoms with Gasteiger partial charge in [0.1, 0.15) is 5.54 Å². The Hall–Kier alpha value is -0.660. The van der Waals surface area contributed by atoms with Gasteiger partial charge < -0.3 is 5.11 Å². The summed E-state index contributed by atoms with van der Waals surface area (Å²) < 4.78 is 29.1. The van der Waals surface area contributed by atoms with Crippen molar-refractivity contribution in [2.45, 2.75) is 63.8 Å². The van der Waals surface area contributed by atoms with Crippen molar-refractivity contribution in [3.63, 3.8) is 0 Å². The highest BCUT2D eigenvalue weighted by molar-refractivity contribution is 7.87. The molecule has 0 amide bonds. The first-order valence-electron chi connectivity index (χ1n) is 7.88. The van der Waals surface area contributed by atoms with Crippen LogP contribution < -0.4 is 4.72 Å². The maximum absolute atomic E-state index is 12.6. The molecule has 0 aromatic rings. The van der Waals surface area contributed by atoms with Crippen LogP contribution in [0.5, 0.6) is 0 Å². The number of aliphatic carboxylic acids is 1. The van der Waals surface area contributed by atoms with Gasteiger partial charge in [-0.1, -0.05) is 32.6 Å². The number of rotatable bonds is 4. The topological polar surface area (TPSA) is 86.7 Å². The first-order valence-corrected chi connectivity index (χ1v) is 9.32. The molecule has 1 aliphatic carbocycles. The molecule has 0 radical (unpaired) electrons. The summed E-state index contributed by atoms with van der Waals surface area (Å²) in [5.74, 6) is -0.719. The predicted octanol–water partition coefficient (Wildman–Crippen LogP) is 1.73. The lowest BCUT2D eigenvalue weighted by atomic mass is 9.92.